The van der Waals surface area contributed by atoms with Crippen LogP contribution in [0.15, 0.2) is 6.07 Å². The van der Waals surface area contributed by atoms with Crippen molar-refractivity contribution in [3.05, 3.63) is 17.5 Å². The minimum Gasteiger partial charge on any atom is -0.464 e. The van der Waals surface area contributed by atoms with Crippen LogP contribution in [0.3, 0.4) is 0 Å². The predicted octanol–water partition coefficient (Wildman–Crippen LogP) is 2.27. The number of esters is 1. The first-order valence-electron chi connectivity index (χ1n) is 5.97. The lowest BCUT2D eigenvalue weighted by atomic mass is 9.93. The molecule has 0 unspecified atom stereocenters. The van der Waals surface area contributed by atoms with Crippen molar-refractivity contribution in [1.29, 1.82) is 0 Å². The van der Waals surface area contributed by atoms with Crippen molar-refractivity contribution in [2.75, 3.05) is 7.11 Å². The monoisotopic (exact) mass is 220 g/mol. The number of aromatic nitrogens is 2. The summed E-state index contributed by atoms with van der Waals surface area (Å²) in [4.78, 5) is 11.5. The standard InChI is InChI=1S/C12H16N2O2/c1-16-12(15)10-7-11(8-5-6-8)14(13-10)9-3-2-4-9/h7-9H,2-6H2,1H3. The molecule has 0 radical (unpaired) electrons. The summed E-state index contributed by atoms with van der Waals surface area (Å²) in [5.41, 5.74) is 1.71. The molecule has 2 aliphatic carbocycles. The van der Waals surface area contributed by atoms with Gasteiger partial charge in [0.1, 0.15) is 0 Å². The summed E-state index contributed by atoms with van der Waals surface area (Å²) >= 11 is 0. The van der Waals surface area contributed by atoms with Gasteiger partial charge in [-0.05, 0) is 38.2 Å². The molecule has 4 nitrogen and oxygen atoms in total. The van der Waals surface area contributed by atoms with E-state index in [1.165, 1.54) is 44.9 Å². The lowest BCUT2D eigenvalue weighted by Crippen LogP contribution is -2.20. The number of carbonyl (C=O) groups is 1. The first-order valence-corrected chi connectivity index (χ1v) is 5.97. The number of ether oxygens (including phenoxy) is 1. The summed E-state index contributed by atoms with van der Waals surface area (Å²) in [5, 5.41) is 4.41. The Morgan fingerprint density at radius 3 is 2.69 bits per heavy atom. The topological polar surface area (TPSA) is 44.1 Å². The van der Waals surface area contributed by atoms with E-state index >= 15 is 0 Å². The molecule has 2 saturated carbocycles. The molecule has 0 saturated heterocycles. The van der Waals surface area contributed by atoms with Crippen LogP contribution in [-0.4, -0.2) is 22.9 Å². The fraction of sp³-hybridized carbons (Fsp3) is 0.667. The summed E-state index contributed by atoms with van der Waals surface area (Å²) in [6.45, 7) is 0. The Morgan fingerprint density at radius 1 is 1.44 bits per heavy atom. The molecule has 0 atom stereocenters. The molecule has 0 amide bonds. The van der Waals surface area contributed by atoms with Crippen LogP contribution in [0.1, 0.15) is 60.2 Å². The molecular weight excluding hydrogens is 204 g/mol. The zero-order valence-corrected chi connectivity index (χ0v) is 9.48. The third kappa shape index (κ3) is 1.52. The highest BCUT2D eigenvalue weighted by molar-refractivity contribution is 5.87. The van der Waals surface area contributed by atoms with E-state index in [4.69, 9.17) is 4.74 Å². The maximum absolute atomic E-state index is 11.5. The fourth-order valence-corrected chi connectivity index (χ4v) is 2.22. The lowest BCUT2D eigenvalue weighted by Gasteiger charge is -2.27. The minimum absolute atomic E-state index is 0.319. The van der Waals surface area contributed by atoms with E-state index in [0.29, 0.717) is 17.7 Å². The Kier molecular flexibility index (Phi) is 2.23. The summed E-state index contributed by atoms with van der Waals surface area (Å²) in [7, 11) is 1.40. The van der Waals surface area contributed by atoms with Crippen LogP contribution >= 0.6 is 0 Å². The summed E-state index contributed by atoms with van der Waals surface area (Å²) in [6, 6.07) is 2.44. The summed E-state index contributed by atoms with van der Waals surface area (Å²) < 4.78 is 6.80. The Hall–Kier alpha value is -1.32. The molecule has 0 spiro atoms. The number of hydrogen-bond donors (Lipinski definition) is 0. The highest BCUT2D eigenvalue weighted by atomic mass is 16.5. The zero-order chi connectivity index (χ0) is 11.1. The largest absolute Gasteiger partial charge is 0.464 e. The SMILES string of the molecule is COC(=O)c1cc(C2CC2)n(C2CCC2)n1. The van der Waals surface area contributed by atoms with Crippen LogP contribution in [0.5, 0.6) is 0 Å². The summed E-state index contributed by atoms with van der Waals surface area (Å²) in [6.07, 6.45) is 6.14. The first-order chi connectivity index (χ1) is 7.79. The van der Waals surface area contributed by atoms with Crippen LogP contribution in [0.4, 0.5) is 0 Å². The van der Waals surface area contributed by atoms with Gasteiger partial charge < -0.3 is 4.74 Å². The average molecular weight is 220 g/mol. The molecule has 1 aromatic heterocycles. The molecule has 4 heteroatoms. The molecule has 0 aromatic carbocycles. The first kappa shape index (κ1) is 9.87. The number of rotatable bonds is 3. The van der Waals surface area contributed by atoms with E-state index in [0.717, 1.165) is 0 Å². The van der Waals surface area contributed by atoms with Crippen molar-refractivity contribution in [3.63, 3.8) is 0 Å². The quantitative estimate of drug-likeness (QED) is 0.734. The normalized spacial score (nSPS) is 20.6. The third-order valence-electron chi connectivity index (χ3n) is 3.58. The molecule has 86 valence electrons. The van der Waals surface area contributed by atoms with Gasteiger partial charge in [0, 0.05) is 11.6 Å². The van der Waals surface area contributed by atoms with Gasteiger partial charge in [0.2, 0.25) is 0 Å². The van der Waals surface area contributed by atoms with Gasteiger partial charge in [-0.1, -0.05) is 0 Å². The van der Waals surface area contributed by atoms with Crippen LogP contribution < -0.4 is 0 Å². The van der Waals surface area contributed by atoms with Gasteiger partial charge >= 0.3 is 5.97 Å². The van der Waals surface area contributed by atoms with Gasteiger partial charge in [0.05, 0.1) is 13.2 Å². The fourth-order valence-electron chi connectivity index (χ4n) is 2.22. The van der Waals surface area contributed by atoms with Gasteiger partial charge in [0.25, 0.3) is 0 Å². The zero-order valence-electron chi connectivity index (χ0n) is 9.48. The molecule has 0 N–H and O–H groups in total. The van der Waals surface area contributed by atoms with E-state index in [-0.39, 0.29) is 5.97 Å². The number of carbonyl (C=O) groups excluding carboxylic acids is 1. The lowest BCUT2D eigenvalue weighted by molar-refractivity contribution is 0.0592. The summed E-state index contributed by atoms with van der Waals surface area (Å²) in [5.74, 6) is 0.312. The Morgan fingerprint density at radius 2 is 2.19 bits per heavy atom. The van der Waals surface area contributed by atoms with Gasteiger partial charge in [-0.2, -0.15) is 5.10 Å². The van der Waals surface area contributed by atoms with Gasteiger partial charge in [-0.3, -0.25) is 4.68 Å². The van der Waals surface area contributed by atoms with Crippen molar-refractivity contribution in [2.24, 2.45) is 0 Å². The number of hydrogen-bond acceptors (Lipinski definition) is 3. The van der Waals surface area contributed by atoms with Crippen molar-refractivity contribution in [1.82, 2.24) is 9.78 Å². The van der Waals surface area contributed by atoms with Crippen LogP contribution in [0.2, 0.25) is 0 Å². The number of nitrogens with zero attached hydrogens (tertiary/aromatic N) is 2. The molecule has 16 heavy (non-hydrogen) atoms. The maximum Gasteiger partial charge on any atom is 0.358 e. The van der Waals surface area contributed by atoms with Crippen molar-refractivity contribution in [2.45, 2.75) is 44.1 Å². The Balaban J connectivity index is 1.93. The highest BCUT2D eigenvalue weighted by Crippen LogP contribution is 2.43. The second-order valence-corrected chi connectivity index (χ2v) is 4.75. The third-order valence-corrected chi connectivity index (χ3v) is 3.58. The molecule has 1 aromatic rings. The van der Waals surface area contributed by atoms with E-state index in [1.807, 2.05) is 6.07 Å². The average Bonchev–Trinajstić information content (AvgIpc) is 2.97. The van der Waals surface area contributed by atoms with Crippen LogP contribution in [-0.2, 0) is 4.74 Å². The molecule has 0 bridgehead atoms. The van der Waals surface area contributed by atoms with Gasteiger partial charge in [-0.25, -0.2) is 4.79 Å². The van der Waals surface area contributed by atoms with Crippen molar-refractivity contribution >= 4 is 5.97 Å². The second-order valence-electron chi connectivity index (χ2n) is 4.75. The van der Waals surface area contributed by atoms with E-state index < -0.39 is 0 Å². The molecule has 1 heterocycles. The maximum atomic E-state index is 11.5. The van der Waals surface area contributed by atoms with E-state index in [1.54, 1.807) is 0 Å². The number of methoxy groups -OCH3 is 1. The molecular formula is C12H16N2O2. The Labute approximate surface area is 94.6 Å². The molecule has 2 fully saturated rings. The molecule has 3 rings (SSSR count). The van der Waals surface area contributed by atoms with Crippen LogP contribution in [0, 0.1) is 0 Å². The predicted molar refractivity (Wildman–Crippen MR) is 58.4 cm³/mol. The minimum atomic E-state index is -0.319. The van der Waals surface area contributed by atoms with Crippen LogP contribution in [0.25, 0.3) is 0 Å². The van der Waals surface area contributed by atoms with E-state index in [9.17, 15) is 4.79 Å². The van der Waals surface area contributed by atoms with Gasteiger partial charge in [-0.15, -0.1) is 0 Å². The Bertz CT molecular complexity index is 417. The van der Waals surface area contributed by atoms with Crippen molar-refractivity contribution in [3.8, 4) is 0 Å². The van der Waals surface area contributed by atoms with Gasteiger partial charge in [0.15, 0.2) is 5.69 Å². The van der Waals surface area contributed by atoms with E-state index in [2.05, 4.69) is 9.78 Å². The highest BCUT2D eigenvalue weighted by Gasteiger charge is 2.33. The molecule has 0 aliphatic heterocycles. The smallest absolute Gasteiger partial charge is 0.358 e. The second kappa shape index (κ2) is 3.61. The molecule has 2 aliphatic rings. The van der Waals surface area contributed by atoms with Crippen molar-refractivity contribution < 1.29 is 9.53 Å².